The van der Waals surface area contributed by atoms with E-state index in [1.54, 1.807) is 4.90 Å². The number of halogens is 2. The van der Waals surface area contributed by atoms with Crippen molar-refractivity contribution < 1.29 is 9.18 Å². The molecule has 1 aliphatic heterocycles. The summed E-state index contributed by atoms with van der Waals surface area (Å²) in [5, 5.41) is 0.368. The summed E-state index contributed by atoms with van der Waals surface area (Å²) in [6.45, 7) is 1.11. The molecule has 0 aromatic heterocycles. The standard InChI is InChI=1S/C16H13ClFNO/c17-13-5-6-15(18)14(9-13)16(20)19-8-7-11-3-1-2-4-12(11)10-19/h1-6,9H,7-8,10H2. The van der Waals surface area contributed by atoms with Crippen molar-refractivity contribution >= 4 is 17.5 Å². The van der Waals surface area contributed by atoms with Crippen LogP contribution < -0.4 is 0 Å². The van der Waals surface area contributed by atoms with Crippen LogP contribution in [0.3, 0.4) is 0 Å². The van der Waals surface area contributed by atoms with Gasteiger partial charge in [-0.15, -0.1) is 0 Å². The Hall–Kier alpha value is -1.87. The SMILES string of the molecule is O=C(c1cc(Cl)ccc1F)N1CCc2ccccc2C1. The Balaban J connectivity index is 1.88. The monoisotopic (exact) mass is 289 g/mol. The van der Waals surface area contributed by atoms with E-state index >= 15 is 0 Å². The Kier molecular flexibility index (Phi) is 3.45. The van der Waals surface area contributed by atoms with Gasteiger partial charge in [-0.25, -0.2) is 4.39 Å². The molecule has 0 aliphatic carbocycles. The molecule has 2 aromatic rings. The average molecular weight is 290 g/mol. The summed E-state index contributed by atoms with van der Waals surface area (Å²) in [5.41, 5.74) is 2.41. The highest BCUT2D eigenvalue weighted by Crippen LogP contribution is 2.22. The fourth-order valence-corrected chi connectivity index (χ4v) is 2.67. The largest absolute Gasteiger partial charge is 0.334 e. The zero-order valence-electron chi connectivity index (χ0n) is 10.8. The molecule has 0 bridgehead atoms. The number of fused-ring (bicyclic) bond motifs is 1. The Morgan fingerprint density at radius 1 is 1.15 bits per heavy atom. The number of benzene rings is 2. The third-order valence-corrected chi connectivity index (χ3v) is 3.81. The van der Waals surface area contributed by atoms with Crippen molar-refractivity contribution in [3.63, 3.8) is 0 Å². The van der Waals surface area contributed by atoms with Crippen LogP contribution in [-0.2, 0) is 13.0 Å². The number of rotatable bonds is 1. The molecule has 1 aliphatic rings. The third kappa shape index (κ3) is 2.41. The summed E-state index contributed by atoms with van der Waals surface area (Å²) in [7, 11) is 0. The predicted octanol–water partition coefficient (Wildman–Crippen LogP) is 3.68. The Bertz CT molecular complexity index is 671. The van der Waals surface area contributed by atoms with Gasteiger partial charge in [-0.2, -0.15) is 0 Å². The third-order valence-electron chi connectivity index (χ3n) is 3.58. The highest BCUT2D eigenvalue weighted by molar-refractivity contribution is 6.31. The first-order valence-electron chi connectivity index (χ1n) is 6.46. The summed E-state index contributed by atoms with van der Waals surface area (Å²) < 4.78 is 13.8. The van der Waals surface area contributed by atoms with Crippen molar-refractivity contribution in [2.24, 2.45) is 0 Å². The second-order valence-corrected chi connectivity index (χ2v) is 5.31. The lowest BCUT2D eigenvalue weighted by atomic mass is 9.99. The molecule has 1 amide bonds. The Morgan fingerprint density at radius 3 is 2.70 bits per heavy atom. The van der Waals surface area contributed by atoms with Gasteiger partial charge in [-0.1, -0.05) is 35.9 Å². The van der Waals surface area contributed by atoms with Crippen molar-refractivity contribution in [1.29, 1.82) is 0 Å². The fraction of sp³-hybridized carbons (Fsp3) is 0.188. The van der Waals surface area contributed by atoms with Crippen LogP contribution in [0.25, 0.3) is 0 Å². The topological polar surface area (TPSA) is 20.3 Å². The second kappa shape index (κ2) is 5.25. The zero-order valence-corrected chi connectivity index (χ0v) is 11.5. The van der Waals surface area contributed by atoms with Crippen LogP contribution in [-0.4, -0.2) is 17.4 Å². The fourth-order valence-electron chi connectivity index (χ4n) is 2.50. The molecular weight excluding hydrogens is 277 g/mol. The average Bonchev–Trinajstić information content (AvgIpc) is 2.48. The summed E-state index contributed by atoms with van der Waals surface area (Å²) in [4.78, 5) is 14.1. The molecule has 0 atom stereocenters. The van der Waals surface area contributed by atoms with Crippen molar-refractivity contribution in [2.75, 3.05) is 6.54 Å². The van der Waals surface area contributed by atoms with E-state index in [1.807, 2.05) is 18.2 Å². The first-order valence-corrected chi connectivity index (χ1v) is 6.84. The normalized spacial score (nSPS) is 14.0. The molecule has 0 saturated carbocycles. The van der Waals surface area contributed by atoms with Gasteiger partial charge in [-0.3, -0.25) is 4.79 Å². The lowest BCUT2D eigenvalue weighted by molar-refractivity contribution is 0.0730. The van der Waals surface area contributed by atoms with Crippen LogP contribution in [0.15, 0.2) is 42.5 Å². The minimum absolute atomic E-state index is 0.0388. The van der Waals surface area contributed by atoms with Crippen LogP contribution in [0.4, 0.5) is 4.39 Å². The van der Waals surface area contributed by atoms with E-state index in [4.69, 9.17) is 11.6 Å². The van der Waals surface area contributed by atoms with Gasteiger partial charge in [0.2, 0.25) is 0 Å². The van der Waals surface area contributed by atoms with Gasteiger partial charge >= 0.3 is 0 Å². The number of carbonyl (C=O) groups is 1. The van der Waals surface area contributed by atoms with E-state index in [1.165, 1.54) is 23.8 Å². The van der Waals surface area contributed by atoms with Crippen LogP contribution in [0.2, 0.25) is 5.02 Å². The van der Waals surface area contributed by atoms with E-state index < -0.39 is 5.82 Å². The predicted molar refractivity (Wildman–Crippen MR) is 76.3 cm³/mol. The first-order chi connectivity index (χ1) is 9.65. The van der Waals surface area contributed by atoms with Gasteiger partial charge in [0.1, 0.15) is 5.82 Å². The van der Waals surface area contributed by atoms with Gasteiger partial charge in [0.15, 0.2) is 0 Å². The number of carbonyl (C=O) groups excluding carboxylic acids is 1. The molecule has 0 N–H and O–H groups in total. The molecule has 1 heterocycles. The van der Waals surface area contributed by atoms with Crippen molar-refractivity contribution in [3.8, 4) is 0 Å². The highest BCUT2D eigenvalue weighted by atomic mass is 35.5. The van der Waals surface area contributed by atoms with E-state index in [0.717, 1.165) is 12.0 Å². The Labute approximate surface area is 121 Å². The van der Waals surface area contributed by atoms with E-state index in [9.17, 15) is 9.18 Å². The van der Waals surface area contributed by atoms with E-state index in [0.29, 0.717) is 18.1 Å². The number of nitrogens with zero attached hydrogens (tertiary/aromatic N) is 1. The second-order valence-electron chi connectivity index (χ2n) is 4.87. The summed E-state index contributed by atoms with van der Waals surface area (Å²) in [5.74, 6) is -0.835. The molecule has 0 spiro atoms. The van der Waals surface area contributed by atoms with E-state index in [-0.39, 0.29) is 11.5 Å². The molecule has 0 radical (unpaired) electrons. The number of hydrogen-bond acceptors (Lipinski definition) is 1. The summed E-state index contributed by atoms with van der Waals surface area (Å²) in [6.07, 6.45) is 0.796. The minimum Gasteiger partial charge on any atom is -0.334 e. The molecule has 0 saturated heterocycles. The lowest BCUT2D eigenvalue weighted by Crippen LogP contribution is -2.36. The van der Waals surface area contributed by atoms with Gasteiger partial charge in [0, 0.05) is 18.1 Å². The molecule has 20 heavy (non-hydrogen) atoms. The molecule has 0 fully saturated rings. The summed E-state index contributed by atoms with van der Waals surface area (Å²) in [6, 6.07) is 12.1. The lowest BCUT2D eigenvalue weighted by Gasteiger charge is -2.29. The van der Waals surface area contributed by atoms with Crippen LogP contribution in [0.1, 0.15) is 21.5 Å². The van der Waals surface area contributed by atoms with Gasteiger partial charge in [-0.05, 0) is 35.7 Å². The van der Waals surface area contributed by atoms with Crippen LogP contribution >= 0.6 is 11.6 Å². The number of amides is 1. The van der Waals surface area contributed by atoms with Crippen molar-refractivity contribution in [2.45, 2.75) is 13.0 Å². The van der Waals surface area contributed by atoms with Crippen LogP contribution in [0.5, 0.6) is 0 Å². The molecule has 2 aromatic carbocycles. The molecule has 3 rings (SSSR count). The molecule has 0 unspecified atom stereocenters. The maximum Gasteiger partial charge on any atom is 0.257 e. The minimum atomic E-state index is -0.529. The van der Waals surface area contributed by atoms with Crippen LogP contribution in [0, 0.1) is 5.82 Å². The number of hydrogen-bond donors (Lipinski definition) is 0. The molecular formula is C16H13ClFNO. The molecule has 4 heteroatoms. The quantitative estimate of drug-likeness (QED) is 0.784. The zero-order chi connectivity index (χ0) is 14.1. The smallest absolute Gasteiger partial charge is 0.257 e. The van der Waals surface area contributed by atoms with Crippen molar-refractivity contribution in [1.82, 2.24) is 4.90 Å². The maximum absolute atomic E-state index is 13.8. The highest BCUT2D eigenvalue weighted by Gasteiger charge is 2.23. The van der Waals surface area contributed by atoms with Gasteiger partial charge in [0.25, 0.3) is 5.91 Å². The Morgan fingerprint density at radius 2 is 1.90 bits per heavy atom. The van der Waals surface area contributed by atoms with Gasteiger partial charge in [0.05, 0.1) is 5.56 Å². The summed E-state index contributed by atoms with van der Waals surface area (Å²) >= 11 is 5.84. The maximum atomic E-state index is 13.8. The first kappa shape index (κ1) is 13.1. The van der Waals surface area contributed by atoms with E-state index in [2.05, 4.69) is 6.07 Å². The molecule has 2 nitrogen and oxygen atoms in total. The van der Waals surface area contributed by atoms with Crippen molar-refractivity contribution in [3.05, 3.63) is 70.0 Å². The molecule has 102 valence electrons. The van der Waals surface area contributed by atoms with Gasteiger partial charge < -0.3 is 4.90 Å².